The number of piperidine rings is 1. The molecule has 0 aromatic heterocycles. The number of benzene rings is 1. The number of rotatable bonds is 7. The van der Waals surface area contributed by atoms with Crippen molar-refractivity contribution < 1.29 is 14.3 Å². The van der Waals surface area contributed by atoms with Crippen LogP contribution in [0.2, 0.25) is 0 Å². The predicted octanol–water partition coefficient (Wildman–Crippen LogP) is 1.71. The summed E-state index contributed by atoms with van der Waals surface area (Å²) in [6, 6.07) is 7.71. The van der Waals surface area contributed by atoms with E-state index in [2.05, 4.69) is 4.90 Å². The van der Waals surface area contributed by atoms with Crippen molar-refractivity contribution in [3.63, 3.8) is 0 Å². The Labute approximate surface area is 132 Å². The van der Waals surface area contributed by atoms with E-state index in [0.29, 0.717) is 36.6 Å². The van der Waals surface area contributed by atoms with E-state index in [1.165, 1.54) is 0 Å². The van der Waals surface area contributed by atoms with Gasteiger partial charge in [0.2, 0.25) is 0 Å². The normalized spacial score (nSPS) is 22.5. The van der Waals surface area contributed by atoms with Crippen molar-refractivity contribution in [2.75, 3.05) is 33.4 Å². The van der Waals surface area contributed by atoms with Gasteiger partial charge in [-0.2, -0.15) is 0 Å². The van der Waals surface area contributed by atoms with Gasteiger partial charge in [-0.25, -0.2) is 0 Å². The van der Waals surface area contributed by atoms with Gasteiger partial charge in [0, 0.05) is 32.8 Å². The summed E-state index contributed by atoms with van der Waals surface area (Å²) in [5, 5.41) is 0. The zero-order valence-corrected chi connectivity index (χ0v) is 13.5. The Hall–Kier alpha value is -1.43. The van der Waals surface area contributed by atoms with Gasteiger partial charge in [-0.3, -0.25) is 9.69 Å². The summed E-state index contributed by atoms with van der Waals surface area (Å²) in [4.78, 5) is 13.9. The molecule has 0 bridgehead atoms. The topological polar surface area (TPSA) is 64.8 Å². The van der Waals surface area contributed by atoms with Crippen LogP contribution in [0.15, 0.2) is 24.3 Å². The smallest absolute Gasteiger partial charge is 0.163 e. The number of nitrogens with two attached hydrogens (primary N) is 1. The van der Waals surface area contributed by atoms with Gasteiger partial charge in [-0.05, 0) is 31.9 Å². The number of hydrogen-bond acceptors (Lipinski definition) is 5. The number of Topliss-reactive ketones (excluding diaryl/α,β-unsaturated/α-hetero) is 1. The molecule has 122 valence electrons. The van der Waals surface area contributed by atoms with Gasteiger partial charge in [0.05, 0.1) is 11.7 Å². The predicted molar refractivity (Wildman–Crippen MR) is 86.4 cm³/mol. The monoisotopic (exact) mass is 306 g/mol. The van der Waals surface area contributed by atoms with Crippen molar-refractivity contribution in [3.05, 3.63) is 29.8 Å². The molecule has 0 radical (unpaired) electrons. The molecule has 5 nitrogen and oxygen atoms in total. The quantitative estimate of drug-likeness (QED) is 0.777. The first-order valence-corrected chi connectivity index (χ1v) is 7.85. The number of carbonyl (C=O) groups is 1. The highest BCUT2D eigenvalue weighted by atomic mass is 16.5. The largest absolute Gasteiger partial charge is 0.491 e. The van der Waals surface area contributed by atoms with Crippen LogP contribution in [0, 0.1) is 0 Å². The Bertz CT molecular complexity index is 493. The lowest BCUT2D eigenvalue weighted by molar-refractivity contribution is 0.00919. The molecule has 1 fully saturated rings. The van der Waals surface area contributed by atoms with Gasteiger partial charge in [-0.1, -0.05) is 12.1 Å². The summed E-state index contributed by atoms with van der Waals surface area (Å²) >= 11 is 0. The molecule has 2 unspecified atom stereocenters. The average Bonchev–Trinajstić information content (AvgIpc) is 2.55. The number of nitrogens with zero attached hydrogens (tertiary/aromatic N) is 1. The average molecular weight is 306 g/mol. The molecule has 1 saturated heterocycles. The highest BCUT2D eigenvalue weighted by Gasteiger charge is 2.27. The van der Waals surface area contributed by atoms with Crippen LogP contribution in [0.25, 0.3) is 0 Å². The summed E-state index contributed by atoms with van der Waals surface area (Å²) in [6.45, 7) is 4.52. The number of carbonyl (C=O) groups excluding carboxylic acids is 1. The number of para-hydroxylation sites is 1. The van der Waals surface area contributed by atoms with E-state index in [9.17, 15) is 4.79 Å². The van der Waals surface area contributed by atoms with E-state index < -0.39 is 0 Å². The van der Waals surface area contributed by atoms with E-state index in [1.54, 1.807) is 20.1 Å². The van der Waals surface area contributed by atoms with E-state index in [1.807, 2.05) is 18.2 Å². The molecule has 0 saturated carbocycles. The van der Waals surface area contributed by atoms with Crippen LogP contribution in [0.4, 0.5) is 0 Å². The third kappa shape index (κ3) is 4.29. The summed E-state index contributed by atoms with van der Waals surface area (Å²) in [6.07, 6.45) is 2.30. The van der Waals surface area contributed by atoms with Gasteiger partial charge in [0.15, 0.2) is 5.78 Å². The summed E-state index contributed by atoms with van der Waals surface area (Å²) in [5.74, 6) is 0.683. The molecule has 0 aliphatic carbocycles. The Balaban J connectivity index is 1.87. The summed E-state index contributed by atoms with van der Waals surface area (Å²) in [5.41, 5.74) is 6.51. The third-order valence-corrected chi connectivity index (χ3v) is 4.30. The maximum atomic E-state index is 11.6. The Morgan fingerprint density at radius 3 is 2.86 bits per heavy atom. The fraction of sp³-hybridized carbons (Fsp3) is 0.588. The maximum absolute atomic E-state index is 11.6. The standard InChI is InChI=1S/C17H26N2O3/c1-13(20)16-5-3-4-6-17(16)22-10-9-19-8-7-15(21-2)11-14(19)12-18/h3-6,14-15H,7-12,18H2,1-2H3. The molecular weight excluding hydrogens is 280 g/mol. The number of ketones is 1. The van der Waals surface area contributed by atoms with E-state index >= 15 is 0 Å². The van der Waals surface area contributed by atoms with Gasteiger partial charge >= 0.3 is 0 Å². The summed E-state index contributed by atoms with van der Waals surface area (Å²) < 4.78 is 11.2. The van der Waals surface area contributed by atoms with Crippen LogP contribution >= 0.6 is 0 Å². The molecular formula is C17H26N2O3. The fourth-order valence-corrected chi connectivity index (χ4v) is 2.97. The summed E-state index contributed by atoms with van der Waals surface area (Å²) in [7, 11) is 1.76. The highest BCUT2D eigenvalue weighted by molar-refractivity contribution is 5.96. The number of hydrogen-bond donors (Lipinski definition) is 1. The number of methoxy groups -OCH3 is 1. The minimum atomic E-state index is 0.0244. The zero-order chi connectivity index (χ0) is 15.9. The Kier molecular flexibility index (Phi) is 6.36. The van der Waals surface area contributed by atoms with E-state index in [-0.39, 0.29) is 5.78 Å². The van der Waals surface area contributed by atoms with Crippen molar-refractivity contribution in [2.24, 2.45) is 5.73 Å². The van der Waals surface area contributed by atoms with Crippen LogP contribution in [-0.4, -0.2) is 56.2 Å². The molecule has 5 heteroatoms. The first-order chi connectivity index (χ1) is 10.7. The first-order valence-electron chi connectivity index (χ1n) is 7.85. The first kappa shape index (κ1) is 16.9. The maximum Gasteiger partial charge on any atom is 0.163 e. The highest BCUT2D eigenvalue weighted by Crippen LogP contribution is 2.20. The molecule has 2 atom stereocenters. The van der Waals surface area contributed by atoms with Crippen LogP contribution in [-0.2, 0) is 4.74 Å². The molecule has 2 N–H and O–H groups in total. The molecule has 0 amide bonds. The van der Waals surface area contributed by atoms with Crippen molar-refractivity contribution in [2.45, 2.75) is 31.9 Å². The number of ether oxygens (including phenoxy) is 2. The van der Waals surface area contributed by atoms with E-state index in [0.717, 1.165) is 25.9 Å². The lowest BCUT2D eigenvalue weighted by Gasteiger charge is -2.38. The van der Waals surface area contributed by atoms with E-state index in [4.69, 9.17) is 15.2 Å². The second kappa shape index (κ2) is 8.27. The molecule has 1 aromatic carbocycles. The lowest BCUT2D eigenvalue weighted by Crippen LogP contribution is -2.49. The molecule has 1 heterocycles. The van der Waals surface area contributed by atoms with Gasteiger partial charge in [-0.15, -0.1) is 0 Å². The van der Waals surface area contributed by atoms with Crippen LogP contribution in [0.3, 0.4) is 0 Å². The van der Waals surface area contributed by atoms with Crippen molar-refractivity contribution in [3.8, 4) is 5.75 Å². The van der Waals surface area contributed by atoms with Crippen LogP contribution < -0.4 is 10.5 Å². The molecule has 1 aliphatic heterocycles. The van der Waals surface area contributed by atoms with Gasteiger partial charge in [0.25, 0.3) is 0 Å². The third-order valence-electron chi connectivity index (χ3n) is 4.30. The number of likely N-dealkylation sites (tertiary alicyclic amines) is 1. The molecule has 1 aliphatic rings. The van der Waals surface area contributed by atoms with Crippen LogP contribution in [0.1, 0.15) is 30.1 Å². The molecule has 0 spiro atoms. The minimum Gasteiger partial charge on any atom is -0.491 e. The molecule has 1 aromatic rings. The SMILES string of the molecule is COC1CCN(CCOc2ccccc2C(C)=O)C(CN)C1. The fourth-order valence-electron chi connectivity index (χ4n) is 2.97. The van der Waals surface area contributed by atoms with Crippen LogP contribution in [0.5, 0.6) is 5.75 Å². The van der Waals surface area contributed by atoms with Gasteiger partial charge in [0.1, 0.15) is 12.4 Å². The van der Waals surface area contributed by atoms with Crippen molar-refractivity contribution >= 4 is 5.78 Å². The Morgan fingerprint density at radius 1 is 1.41 bits per heavy atom. The Morgan fingerprint density at radius 2 is 2.18 bits per heavy atom. The zero-order valence-electron chi connectivity index (χ0n) is 13.5. The molecule has 2 rings (SSSR count). The van der Waals surface area contributed by atoms with Crippen molar-refractivity contribution in [1.82, 2.24) is 4.90 Å². The van der Waals surface area contributed by atoms with Crippen molar-refractivity contribution in [1.29, 1.82) is 0 Å². The van der Waals surface area contributed by atoms with Gasteiger partial charge < -0.3 is 15.2 Å². The second-order valence-corrected chi connectivity index (χ2v) is 5.71. The second-order valence-electron chi connectivity index (χ2n) is 5.71. The molecule has 22 heavy (non-hydrogen) atoms. The minimum absolute atomic E-state index is 0.0244. The lowest BCUT2D eigenvalue weighted by atomic mass is 9.99.